The summed E-state index contributed by atoms with van der Waals surface area (Å²) in [6, 6.07) is -1.08. The van der Waals surface area contributed by atoms with E-state index in [-0.39, 0.29) is 40.2 Å². The Morgan fingerprint density at radius 1 is 1.32 bits per heavy atom. The van der Waals surface area contributed by atoms with Crippen LogP contribution < -0.4 is 21.4 Å². The van der Waals surface area contributed by atoms with Gasteiger partial charge in [-0.1, -0.05) is 23.8 Å². The number of β-lactam (4-membered cyclic amide) rings is 1. The van der Waals surface area contributed by atoms with Crippen molar-refractivity contribution >= 4 is 80.9 Å². The summed E-state index contributed by atoms with van der Waals surface area (Å²) in [6.45, 7) is 3.40. The highest BCUT2D eigenvalue weighted by Gasteiger charge is 2.54. The van der Waals surface area contributed by atoms with Crippen molar-refractivity contribution in [2.45, 2.75) is 42.9 Å². The molecule has 1 unspecified atom stereocenters. The Bertz CT molecular complexity index is 1750. The minimum absolute atomic E-state index is 0.0286. The lowest BCUT2D eigenvalue weighted by atomic mass is 10.0. The predicted octanol–water partition coefficient (Wildman–Crippen LogP) is -0.402. The zero-order valence-electron chi connectivity index (χ0n) is 23.5. The number of hydrogen-bond donors (Lipinski definition) is 5. The zero-order chi connectivity index (χ0) is 31.9. The molecule has 1 fully saturated rings. The molecule has 2 amide bonds. The first-order chi connectivity index (χ1) is 20.9. The van der Waals surface area contributed by atoms with Crippen LogP contribution in [0.15, 0.2) is 33.3 Å². The Balaban J connectivity index is 1.35. The van der Waals surface area contributed by atoms with Crippen LogP contribution in [0, 0.1) is 6.92 Å². The van der Waals surface area contributed by atoms with E-state index in [9.17, 15) is 29.4 Å². The number of nitrogens with two attached hydrogens (primary N) is 2. The Morgan fingerprint density at radius 2 is 2.07 bits per heavy atom. The number of nitrogens with one attached hydrogen (secondary N) is 1. The van der Waals surface area contributed by atoms with Gasteiger partial charge in [-0.25, -0.2) is 19.1 Å². The van der Waals surface area contributed by atoms with Crippen molar-refractivity contribution in [3.63, 3.8) is 0 Å². The molecule has 0 aliphatic carbocycles. The summed E-state index contributed by atoms with van der Waals surface area (Å²) in [5, 5.41) is 31.3. The van der Waals surface area contributed by atoms with Crippen LogP contribution >= 0.6 is 34.9 Å². The SMILES string of the molecule is CC[C@@H](O/N=C(\C(=O)NC1C(=O)N2C(C(=O)O)=C(CSc3nc(N)c(C)c4n3nc[n+]4C)CS[C@@H]12)c1csc(N)n1)C(=O)O. The number of carbonyl (C=O) groups is 4. The van der Waals surface area contributed by atoms with Gasteiger partial charge in [0.2, 0.25) is 6.10 Å². The monoisotopic (exact) mass is 663 g/mol. The van der Waals surface area contributed by atoms with Crippen molar-refractivity contribution in [2.75, 3.05) is 23.0 Å². The molecule has 3 atom stereocenters. The number of aromatic nitrogens is 5. The number of carbonyl (C=O) groups excluding carboxylic acids is 2. The summed E-state index contributed by atoms with van der Waals surface area (Å²) in [6.07, 6.45) is 0.372. The number of amides is 2. The summed E-state index contributed by atoms with van der Waals surface area (Å²) in [5.74, 6) is -3.29. The molecule has 0 saturated carbocycles. The summed E-state index contributed by atoms with van der Waals surface area (Å²) in [4.78, 5) is 64.9. The standard InChI is InChI=1S/C24H26N10O7S3/c1-4-12(21(37)38)41-31-13(11-7-43-23(26)28-11)17(35)29-14-19(36)33-15(22(39)40)10(5-42-20(14)33)6-44-24-30-16(25)9(2)18-32(3)8-27-34(18)24/h7-8,12,14,20,25H,4-6H2,1-3H3,(H5,26,28,29,35,37,38,39,40)/p+1/b31-13-/t12-,14?,20+/m1/s1. The Kier molecular flexibility index (Phi) is 8.66. The van der Waals surface area contributed by atoms with Gasteiger partial charge in [0.25, 0.3) is 28.9 Å². The number of carboxylic acid groups (broad SMARTS) is 2. The van der Waals surface area contributed by atoms with Crippen LogP contribution in [0.1, 0.15) is 24.6 Å². The summed E-state index contributed by atoms with van der Waals surface area (Å²) < 4.78 is 3.42. The number of thiazole rings is 1. The number of aliphatic carboxylic acids is 2. The van der Waals surface area contributed by atoms with E-state index < -0.39 is 41.3 Å². The molecule has 0 aromatic carbocycles. The van der Waals surface area contributed by atoms with Crippen LogP contribution in [0.5, 0.6) is 0 Å². The van der Waals surface area contributed by atoms with Crippen LogP contribution in [0.2, 0.25) is 0 Å². The largest absolute Gasteiger partial charge is 0.478 e. The fourth-order valence-corrected chi connectivity index (χ4v) is 7.54. The molecule has 5 heterocycles. The molecule has 17 nitrogen and oxygen atoms in total. The van der Waals surface area contributed by atoms with E-state index in [0.29, 0.717) is 16.5 Å². The topological polar surface area (TPSA) is 245 Å². The second-order valence-corrected chi connectivity index (χ2v) is 12.6. The van der Waals surface area contributed by atoms with Crippen LogP contribution in [0.25, 0.3) is 5.65 Å². The van der Waals surface area contributed by atoms with Gasteiger partial charge in [0, 0.05) is 22.0 Å². The van der Waals surface area contributed by atoms with Crippen LogP contribution in [0.4, 0.5) is 10.9 Å². The van der Waals surface area contributed by atoms with Crippen LogP contribution in [-0.2, 0) is 31.1 Å². The highest BCUT2D eigenvalue weighted by molar-refractivity contribution is 8.01. The molecular weight excluding hydrogens is 637 g/mol. The van der Waals surface area contributed by atoms with E-state index in [1.54, 1.807) is 22.3 Å². The molecule has 0 spiro atoms. The first-order valence-electron chi connectivity index (χ1n) is 12.9. The van der Waals surface area contributed by atoms with Gasteiger partial charge in [0.15, 0.2) is 10.8 Å². The van der Waals surface area contributed by atoms with Gasteiger partial charge in [-0.2, -0.15) is 4.98 Å². The molecule has 232 valence electrons. The average Bonchev–Trinajstić information content (AvgIpc) is 3.59. The third-order valence-corrected chi connectivity index (χ3v) is 9.83. The second kappa shape index (κ2) is 12.3. The molecule has 5 rings (SSSR count). The molecule has 3 aromatic heterocycles. The lowest BCUT2D eigenvalue weighted by Gasteiger charge is -2.49. The highest BCUT2D eigenvalue weighted by atomic mass is 32.2. The predicted molar refractivity (Wildman–Crippen MR) is 160 cm³/mol. The van der Waals surface area contributed by atoms with E-state index in [2.05, 4.69) is 25.5 Å². The van der Waals surface area contributed by atoms with Gasteiger partial charge >= 0.3 is 11.9 Å². The quantitative estimate of drug-likeness (QED) is 0.0438. The second-order valence-electron chi connectivity index (χ2n) is 9.64. The maximum absolute atomic E-state index is 13.3. The fraction of sp³-hybridized carbons (Fsp3) is 0.375. The van der Waals surface area contributed by atoms with Crippen molar-refractivity contribution in [1.29, 1.82) is 0 Å². The third kappa shape index (κ3) is 5.62. The highest BCUT2D eigenvalue weighted by Crippen LogP contribution is 2.41. The molecule has 1 saturated heterocycles. The van der Waals surface area contributed by atoms with E-state index in [0.717, 1.165) is 27.4 Å². The summed E-state index contributed by atoms with van der Waals surface area (Å²) >= 11 is 3.55. The van der Waals surface area contributed by atoms with Crippen molar-refractivity contribution in [2.24, 2.45) is 12.2 Å². The van der Waals surface area contributed by atoms with E-state index in [4.69, 9.17) is 16.3 Å². The molecule has 2 aliphatic heterocycles. The van der Waals surface area contributed by atoms with E-state index in [1.165, 1.54) is 28.9 Å². The van der Waals surface area contributed by atoms with Gasteiger partial charge in [0.1, 0.15) is 28.6 Å². The Morgan fingerprint density at radius 3 is 2.70 bits per heavy atom. The van der Waals surface area contributed by atoms with Gasteiger partial charge in [-0.15, -0.1) is 23.1 Å². The number of nitrogen functional groups attached to an aromatic ring is 2. The minimum Gasteiger partial charge on any atom is -0.478 e. The van der Waals surface area contributed by atoms with E-state index >= 15 is 0 Å². The van der Waals surface area contributed by atoms with Gasteiger partial charge in [-0.05, 0) is 23.4 Å². The Labute approximate surface area is 261 Å². The normalized spacial score (nSPS) is 19.0. The van der Waals surface area contributed by atoms with Crippen molar-refractivity contribution in [3.8, 4) is 0 Å². The summed E-state index contributed by atoms with van der Waals surface area (Å²) in [7, 11) is 1.82. The van der Waals surface area contributed by atoms with Crippen molar-refractivity contribution in [3.05, 3.63) is 34.2 Å². The Hall–Kier alpha value is -4.43. The van der Waals surface area contributed by atoms with Gasteiger partial charge < -0.3 is 31.8 Å². The number of nitrogens with zero attached hydrogens (tertiary/aromatic N) is 7. The molecule has 0 radical (unpaired) electrons. The number of oxime groups is 1. The van der Waals surface area contributed by atoms with Crippen LogP contribution in [0.3, 0.4) is 0 Å². The van der Waals surface area contributed by atoms with Gasteiger partial charge in [0.05, 0.1) is 12.6 Å². The number of hydrogen-bond acceptors (Lipinski definition) is 14. The van der Waals surface area contributed by atoms with Gasteiger partial charge in [-0.3, -0.25) is 14.5 Å². The number of fused-ring (bicyclic) bond motifs is 2. The summed E-state index contributed by atoms with van der Waals surface area (Å²) in [5.41, 5.74) is 13.3. The fourth-order valence-electron chi connectivity index (χ4n) is 4.56. The zero-order valence-corrected chi connectivity index (χ0v) is 25.9. The molecule has 3 aromatic rings. The average molecular weight is 664 g/mol. The number of thioether (sulfide) groups is 2. The smallest absolute Gasteiger partial charge is 0.352 e. The number of rotatable bonds is 11. The number of aryl methyl sites for hydroxylation is 2. The van der Waals surface area contributed by atoms with Crippen molar-refractivity contribution in [1.82, 2.24) is 29.8 Å². The number of carboxylic acids is 2. The minimum atomic E-state index is -1.32. The molecular formula is C24H27N10O7S3+. The molecule has 2 aliphatic rings. The first kappa shape index (κ1) is 31.0. The lowest BCUT2D eigenvalue weighted by molar-refractivity contribution is -0.646. The van der Waals surface area contributed by atoms with Crippen molar-refractivity contribution < 1.29 is 38.8 Å². The molecule has 44 heavy (non-hydrogen) atoms. The maximum atomic E-state index is 13.3. The molecule has 20 heteroatoms. The lowest BCUT2D eigenvalue weighted by Crippen LogP contribution is -2.71. The first-order valence-corrected chi connectivity index (χ1v) is 15.8. The van der Waals surface area contributed by atoms with E-state index in [1.807, 2.05) is 14.0 Å². The maximum Gasteiger partial charge on any atom is 0.352 e. The van der Waals surface area contributed by atoms with Crippen LogP contribution in [-0.4, -0.2) is 93.2 Å². The molecule has 7 N–H and O–H groups in total. The number of anilines is 2. The molecule has 0 bridgehead atoms. The third-order valence-electron chi connectivity index (χ3n) is 6.80.